The Labute approximate surface area is 74.2 Å². The van der Waals surface area contributed by atoms with Gasteiger partial charge in [-0.05, 0) is 30.8 Å². The number of allylic oxidation sites excluding steroid dienone is 1. The number of aliphatic hydroxyl groups is 1. The number of ether oxygens (including phenoxy) is 1. The topological polar surface area (TPSA) is 29.5 Å². The molecule has 0 amide bonds. The van der Waals surface area contributed by atoms with Crippen molar-refractivity contribution >= 4 is 0 Å². The van der Waals surface area contributed by atoms with Gasteiger partial charge in [0.05, 0.1) is 6.61 Å². The van der Waals surface area contributed by atoms with Crippen LogP contribution in [-0.2, 0) is 4.74 Å². The van der Waals surface area contributed by atoms with Gasteiger partial charge in [-0.15, -0.1) is 0 Å². The maximum Gasteiger partial charge on any atom is 0.0641 e. The predicted molar refractivity (Wildman–Crippen MR) is 49.0 cm³/mol. The lowest BCUT2D eigenvalue weighted by Crippen LogP contribution is -2.14. The molecule has 1 heterocycles. The second-order valence-corrected chi connectivity index (χ2v) is 3.29. The minimum absolute atomic E-state index is 0.216. The summed E-state index contributed by atoms with van der Waals surface area (Å²) >= 11 is 0. The van der Waals surface area contributed by atoms with Crippen LogP contribution in [0.15, 0.2) is 11.6 Å². The lowest BCUT2D eigenvalue weighted by atomic mass is 9.97. The van der Waals surface area contributed by atoms with E-state index in [0.717, 1.165) is 32.5 Å². The maximum absolute atomic E-state index is 8.96. The molecule has 2 nitrogen and oxygen atoms in total. The van der Waals surface area contributed by atoms with Crippen LogP contribution in [0.5, 0.6) is 0 Å². The van der Waals surface area contributed by atoms with Crippen molar-refractivity contribution < 1.29 is 9.84 Å². The molecule has 1 fully saturated rings. The summed E-state index contributed by atoms with van der Waals surface area (Å²) in [4.78, 5) is 0. The first-order chi connectivity index (χ1) is 5.86. The van der Waals surface area contributed by atoms with Crippen LogP contribution >= 0.6 is 0 Å². The van der Waals surface area contributed by atoms with Crippen LogP contribution in [0, 0.1) is 5.92 Å². The lowest BCUT2D eigenvalue weighted by Gasteiger charge is -2.19. The van der Waals surface area contributed by atoms with E-state index in [4.69, 9.17) is 9.84 Å². The van der Waals surface area contributed by atoms with Crippen molar-refractivity contribution in [3.05, 3.63) is 11.6 Å². The van der Waals surface area contributed by atoms with Crippen molar-refractivity contribution in [2.75, 3.05) is 19.8 Å². The van der Waals surface area contributed by atoms with Gasteiger partial charge in [-0.1, -0.05) is 13.0 Å². The van der Waals surface area contributed by atoms with Gasteiger partial charge in [0.1, 0.15) is 0 Å². The van der Waals surface area contributed by atoms with Crippen molar-refractivity contribution in [1.82, 2.24) is 0 Å². The fourth-order valence-corrected chi connectivity index (χ4v) is 1.50. The molecule has 0 saturated carbocycles. The van der Waals surface area contributed by atoms with Gasteiger partial charge < -0.3 is 9.84 Å². The molecular formula is C10H18O2. The first kappa shape index (κ1) is 9.75. The highest BCUT2D eigenvalue weighted by Crippen LogP contribution is 2.18. The molecule has 0 radical (unpaired) electrons. The fourth-order valence-electron chi connectivity index (χ4n) is 1.50. The Hall–Kier alpha value is -0.340. The summed E-state index contributed by atoms with van der Waals surface area (Å²) in [6.07, 6.45) is 5.42. The summed E-state index contributed by atoms with van der Waals surface area (Å²) < 4.78 is 5.26. The largest absolute Gasteiger partial charge is 0.392 e. The minimum Gasteiger partial charge on any atom is -0.392 e. The van der Waals surface area contributed by atoms with E-state index in [9.17, 15) is 0 Å². The molecule has 0 bridgehead atoms. The van der Waals surface area contributed by atoms with Gasteiger partial charge in [-0.25, -0.2) is 0 Å². The standard InChI is InChI=1S/C10H18O2/c1-2-9(8-11)7-10-3-5-12-6-4-10/h7,10-11H,2-6,8H2,1H3. The first-order valence-electron chi connectivity index (χ1n) is 4.75. The quantitative estimate of drug-likeness (QED) is 0.654. The van der Waals surface area contributed by atoms with E-state index in [2.05, 4.69) is 13.0 Å². The highest BCUT2D eigenvalue weighted by Gasteiger charge is 2.11. The Morgan fingerprint density at radius 1 is 1.50 bits per heavy atom. The second-order valence-electron chi connectivity index (χ2n) is 3.29. The first-order valence-corrected chi connectivity index (χ1v) is 4.75. The van der Waals surface area contributed by atoms with E-state index in [0.29, 0.717) is 5.92 Å². The molecule has 1 aliphatic heterocycles. The Bertz CT molecular complexity index is 140. The monoisotopic (exact) mass is 170 g/mol. The van der Waals surface area contributed by atoms with Crippen LogP contribution in [0.3, 0.4) is 0 Å². The third-order valence-electron chi connectivity index (χ3n) is 2.39. The molecule has 0 atom stereocenters. The maximum atomic E-state index is 8.96. The zero-order chi connectivity index (χ0) is 8.81. The van der Waals surface area contributed by atoms with Gasteiger partial charge in [0.15, 0.2) is 0 Å². The SMILES string of the molecule is CCC(=CC1CCOCC1)CO. The molecule has 1 saturated heterocycles. The summed E-state index contributed by atoms with van der Waals surface area (Å²) in [5.41, 5.74) is 1.17. The zero-order valence-corrected chi connectivity index (χ0v) is 7.75. The Kier molecular flexibility index (Phi) is 4.33. The van der Waals surface area contributed by atoms with Crippen molar-refractivity contribution in [3.63, 3.8) is 0 Å². The van der Waals surface area contributed by atoms with Crippen LogP contribution in [0.2, 0.25) is 0 Å². The van der Waals surface area contributed by atoms with Gasteiger partial charge in [-0.3, -0.25) is 0 Å². The van der Waals surface area contributed by atoms with Crippen molar-refractivity contribution in [3.8, 4) is 0 Å². The highest BCUT2D eigenvalue weighted by atomic mass is 16.5. The van der Waals surface area contributed by atoms with E-state index in [-0.39, 0.29) is 6.61 Å². The van der Waals surface area contributed by atoms with Crippen LogP contribution < -0.4 is 0 Å². The lowest BCUT2D eigenvalue weighted by molar-refractivity contribution is 0.0781. The summed E-state index contributed by atoms with van der Waals surface area (Å²) in [7, 11) is 0. The van der Waals surface area contributed by atoms with Crippen molar-refractivity contribution in [2.45, 2.75) is 26.2 Å². The molecule has 1 N–H and O–H groups in total. The molecule has 12 heavy (non-hydrogen) atoms. The summed E-state index contributed by atoms with van der Waals surface area (Å²) in [6, 6.07) is 0. The van der Waals surface area contributed by atoms with E-state index >= 15 is 0 Å². The molecule has 0 spiro atoms. The number of hydrogen-bond donors (Lipinski definition) is 1. The zero-order valence-electron chi connectivity index (χ0n) is 7.75. The van der Waals surface area contributed by atoms with Crippen LogP contribution in [0.25, 0.3) is 0 Å². The Balaban J connectivity index is 2.39. The molecule has 0 unspecified atom stereocenters. The van der Waals surface area contributed by atoms with Crippen LogP contribution in [-0.4, -0.2) is 24.9 Å². The number of aliphatic hydroxyl groups excluding tert-OH is 1. The number of hydrogen-bond acceptors (Lipinski definition) is 2. The molecule has 2 heteroatoms. The highest BCUT2D eigenvalue weighted by molar-refractivity contribution is 5.04. The predicted octanol–water partition coefficient (Wildman–Crippen LogP) is 1.74. The van der Waals surface area contributed by atoms with Crippen LogP contribution in [0.4, 0.5) is 0 Å². The average molecular weight is 170 g/mol. The van der Waals surface area contributed by atoms with E-state index in [1.165, 1.54) is 5.57 Å². The molecular weight excluding hydrogens is 152 g/mol. The molecule has 0 aromatic heterocycles. The molecule has 0 aliphatic carbocycles. The van der Waals surface area contributed by atoms with Gasteiger partial charge in [0.25, 0.3) is 0 Å². The Morgan fingerprint density at radius 3 is 2.67 bits per heavy atom. The minimum atomic E-state index is 0.216. The van der Waals surface area contributed by atoms with Gasteiger partial charge in [-0.2, -0.15) is 0 Å². The second kappa shape index (κ2) is 5.33. The smallest absolute Gasteiger partial charge is 0.0641 e. The third-order valence-corrected chi connectivity index (χ3v) is 2.39. The van der Waals surface area contributed by atoms with Crippen LogP contribution in [0.1, 0.15) is 26.2 Å². The fraction of sp³-hybridized carbons (Fsp3) is 0.800. The summed E-state index contributed by atoms with van der Waals surface area (Å²) in [5, 5.41) is 8.96. The molecule has 1 rings (SSSR count). The normalized spacial score (nSPS) is 21.3. The van der Waals surface area contributed by atoms with Gasteiger partial charge >= 0.3 is 0 Å². The molecule has 0 aromatic carbocycles. The van der Waals surface area contributed by atoms with Gasteiger partial charge in [0.2, 0.25) is 0 Å². The summed E-state index contributed by atoms with van der Waals surface area (Å²) in [6.45, 7) is 4.06. The van der Waals surface area contributed by atoms with Gasteiger partial charge in [0, 0.05) is 13.2 Å². The third kappa shape index (κ3) is 2.95. The number of rotatable bonds is 3. The van der Waals surface area contributed by atoms with E-state index < -0.39 is 0 Å². The average Bonchev–Trinajstić information content (AvgIpc) is 2.16. The Morgan fingerprint density at radius 2 is 2.17 bits per heavy atom. The molecule has 70 valence electrons. The van der Waals surface area contributed by atoms with E-state index in [1.807, 2.05) is 0 Å². The van der Waals surface area contributed by atoms with Crippen molar-refractivity contribution in [1.29, 1.82) is 0 Å². The van der Waals surface area contributed by atoms with E-state index in [1.54, 1.807) is 0 Å². The van der Waals surface area contributed by atoms with Crippen molar-refractivity contribution in [2.24, 2.45) is 5.92 Å². The molecule has 0 aromatic rings. The summed E-state index contributed by atoms with van der Waals surface area (Å²) in [5.74, 6) is 0.640. The molecule has 1 aliphatic rings.